The van der Waals surface area contributed by atoms with Crippen molar-refractivity contribution in [1.29, 1.82) is 0 Å². The monoisotopic (exact) mass is 304 g/mol. The summed E-state index contributed by atoms with van der Waals surface area (Å²) in [6.45, 7) is 20.0. The highest BCUT2D eigenvalue weighted by molar-refractivity contribution is 6.76. The van der Waals surface area contributed by atoms with Crippen LogP contribution in [0.2, 0.25) is 19.6 Å². The number of aromatic nitrogens is 4. The normalized spacial score (nSPS) is 12.5. The van der Waals surface area contributed by atoms with Gasteiger partial charge in [0.05, 0.1) is 11.4 Å². The van der Waals surface area contributed by atoms with Gasteiger partial charge >= 0.3 is 0 Å². The Morgan fingerprint density at radius 1 is 0.714 bits per heavy atom. The van der Waals surface area contributed by atoms with Crippen LogP contribution in [0.15, 0.2) is 0 Å². The SMILES string of the molecule is Cc1nn(C(n2nc(C)c(C)c2C)[Si](C)(C)C)c(C)c1C. The molecule has 0 radical (unpaired) electrons. The maximum absolute atomic E-state index is 4.82. The van der Waals surface area contributed by atoms with Crippen LogP contribution in [-0.4, -0.2) is 27.6 Å². The van der Waals surface area contributed by atoms with E-state index < -0.39 is 8.07 Å². The van der Waals surface area contributed by atoms with E-state index in [1.54, 1.807) is 0 Å². The first-order chi connectivity index (χ1) is 9.55. The smallest absolute Gasteiger partial charge is 0.130 e. The van der Waals surface area contributed by atoms with Gasteiger partial charge in [0.2, 0.25) is 0 Å². The van der Waals surface area contributed by atoms with Crippen molar-refractivity contribution in [3.63, 3.8) is 0 Å². The molecule has 0 saturated carbocycles. The van der Waals surface area contributed by atoms with Gasteiger partial charge in [-0.3, -0.25) is 0 Å². The minimum absolute atomic E-state index is 0.220. The Kier molecular flexibility index (Phi) is 3.91. The number of hydrogen-bond acceptors (Lipinski definition) is 2. The van der Waals surface area contributed by atoms with E-state index in [2.05, 4.69) is 70.5 Å². The van der Waals surface area contributed by atoms with Gasteiger partial charge in [-0.05, 0) is 52.7 Å². The molecular formula is C16H28N4Si. The third-order valence-electron chi connectivity index (χ3n) is 4.61. The molecule has 0 atom stereocenters. The average molecular weight is 305 g/mol. The summed E-state index contributed by atoms with van der Waals surface area (Å²) >= 11 is 0. The van der Waals surface area contributed by atoms with E-state index in [0.29, 0.717) is 0 Å². The first kappa shape index (κ1) is 16.0. The molecular weight excluding hydrogens is 276 g/mol. The van der Waals surface area contributed by atoms with E-state index in [-0.39, 0.29) is 5.79 Å². The molecule has 0 bridgehead atoms. The molecule has 4 nitrogen and oxygen atoms in total. The van der Waals surface area contributed by atoms with E-state index in [1.807, 2.05) is 0 Å². The predicted molar refractivity (Wildman–Crippen MR) is 90.7 cm³/mol. The molecule has 116 valence electrons. The van der Waals surface area contributed by atoms with Crippen molar-refractivity contribution >= 4 is 8.07 Å². The summed E-state index contributed by atoms with van der Waals surface area (Å²) < 4.78 is 4.41. The molecule has 0 amide bonds. The molecule has 0 saturated heterocycles. The highest BCUT2D eigenvalue weighted by Gasteiger charge is 2.34. The van der Waals surface area contributed by atoms with Gasteiger partial charge in [-0.1, -0.05) is 19.6 Å². The zero-order chi connectivity index (χ0) is 16.1. The van der Waals surface area contributed by atoms with Gasteiger partial charge in [-0.25, -0.2) is 9.36 Å². The molecule has 0 aromatic carbocycles. The van der Waals surface area contributed by atoms with Crippen LogP contribution >= 0.6 is 0 Å². The standard InChI is InChI=1S/C16H28N4Si/c1-10-12(3)17-19(14(10)5)16(21(7,8)9)20-15(6)11(2)13(4)18-20/h16H,1-9H3. The van der Waals surface area contributed by atoms with Crippen molar-refractivity contribution in [1.82, 2.24) is 19.6 Å². The minimum Gasteiger partial charge on any atom is -0.248 e. The van der Waals surface area contributed by atoms with Gasteiger partial charge in [0.25, 0.3) is 0 Å². The molecule has 0 N–H and O–H groups in total. The molecule has 2 rings (SSSR count). The van der Waals surface area contributed by atoms with Crippen LogP contribution in [0.5, 0.6) is 0 Å². The fourth-order valence-corrected chi connectivity index (χ4v) is 4.77. The van der Waals surface area contributed by atoms with Gasteiger partial charge in [-0.15, -0.1) is 0 Å². The lowest BCUT2D eigenvalue weighted by Crippen LogP contribution is -2.42. The molecule has 2 heterocycles. The van der Waals surface area contributed by atoms with Crippen LogP contribution in [0, 0.1) is 41.5 Å². The lowest BCUT2D eigenvalue weighted by molar-refractivity contribution is 0.439. The zero-order valence-electron chi connectivity index (χ0n) is 14.9. The lowest BCUT2D eigenvalue weighted by atomic mass is 10.2. The van der Waals surface area contributed by atoms with Gasteiger partial charge in [0, 0.05) is 11.4 Å². The highest BCUT2D eigenvalue weighted by atomic mass is 28.3. The van der Waals surface area contributed by atoms with Crippen molar-refractivity contribution in [3.8, 4) is 0 Å². The van der Waals surface area contributed by atoms with Crippen LogP contribution in [0.25, 0.3) is 0 Å². The lowest BCUT2D eigenvalue weighted by Gasteiger charge is -2.31. The van der Waals surface area contributed by atoms with Crippen LogP contribution < -0.4 is 0 Å². The van der Waals surface area contributed by atoms with Crippen LogP contribution in [0.4, 0.5) is 0 Å². The number of nitrogens with zero attached hydrogens (tertiary/aromatic N) is 4. The summed E-state index contributed by atoms with van der Waals surface area (Å²) in [5.74, 6) is 0.220. The largest absolute Gasteiger partial charge is 0.248 e. The fraction of sp³-hybridized carbons (Fsp3) is 0.625. The molecule has 2 aromatic rings. The van der Waals surface area contributed by atoms with Crippen LogP contribution in [0.3, 0.4) is 0 Å². The first-order valence-corrected chi connectivity index (χ1v) is 11.2. The Bertz CT molecular complexity index is 621. The molecule has 0 aliphatic rings. The molecule has 5 heteroatoms. The van der Waals surface area contributed by atoms with Gasteiger partial charge < -0.3 is 0 Å². The third-order valence-corrected chi connectivity index (χ3v) is 6.65. The summed E-state index contributed by atoms with van der Waals surface area (Å²) in [6.07, 6.45) is 0. The predicted octanol–water partition coefficient (Wildman–Crippen LogP) is 3.85. The highest BCUT2D eigenvalue weighted by Crippen LogP contribution is 2.28. The fourth-order valence-electron chi connectivity index (χ4n) is 2.80. The van der Waals surface area contributed by atoms with E-state index in [0.717, 1.165) is 11.4 Å². The maximum atomic E-state index is 4.82. The number of aryl methyl sites for hydroxylation is 2. The third kappa shape index (κ3) is 2.59. The zero-order valence-corrected chi connectivity index (χ0v) is 15.9. The quantitative estimate of drug-likeness (QED) is 0.807. The summed E-state index contributed by atoms with van der Waals surface area (Å²) in [6, 6.07) is 0. The van der Waals surface area contributed by atoms with Gasteiger partial charge in [0.15, 0.2) is 0 Å². The topological polar surface area (TPSA) is 35.6 Å². The molecule has 0 fully saturated rings. The number of rotatable bonds is 3. The van der Waals surface area contributed by atoms with Gasteiger partial charge in [0.1, 0.15) is 13.9 Å². The van der Waals surface area contributed by atoms with E-state index >= 15 is 0 Å². The second kappa shape index (κ2) is 5.12. The van der Waals surface area contributed by atoms with Gasteiger partial charge in [-0.2, -0.15) is 10.2 Å². The van der Waals surface area contributed by atoms with E-state index in [9.17, 15) is 0 Å². The van der Waals surface area contributed by atoms with Crippen LogP contribution in [0.1, 0.15) is 39.7 Å². The molecule has 0 spiro atoms. The van der Waals surface area contributed by atoms with E-state index in [4.69, 9.17) is 10.2 Å². The Morgan fingerprint density at radius 2 is 1.05 bits per heavy atom. The van der Waals surface area contributed by atoms with Crippen molar-refractivity contribution in [2.24, 2.45) is 0 Å². The average Bonchev–Trinajstić information content (AvgIpc) is 2.75. The number of hydrogen-bond donors (Lipinski definition) is 0. The van der Waals surface area contributed by atoms with Crippen molar-refractivity contribution in [2.75, 3.05) is 0 Å². The van der Waals surface area contributed by atoms with Crippen LogP contribution in [-0.2, 0) is 0 Å². The molecule has 21 heavy (non-hydrogen) atoms. The minimum atomic E-state index is -1.55. The molecule has 0 aliphatic heterocycles. The molecule has 2 aromatic heterocycles. The van der Waals surface area contributed by atoms with Crippen molar-refractivity contribution in [2.45, 2.75) is 67.0 Å². The summed E-state index contributed by atoms with van der Waals surface area (Å²) in [5, 5.41) is 9.65. The Labute approximate surface area is 129 Å². The Balaban J connectivity index is 2.70. The maximum Gasteiger partial charge on any atom is 0.130 e. The summed E-state index contributed by atoms with van der Waals surface area (Å²) in [5.41, 5.74) is 7.33. The summed E-state index contributed by atoms with van der Waals surface area (Å²) in [4.78, 5) is 0. The van der Waals surface area contributed by atoms with E-state index in [1.165, 1.54) is 22.5 Å². The Hall–Kier alpha value is -1.36. The Morgan fingerprint density at radius 3 is 1.24 bits per heavy atom. The molecule has 0 aliphatic carbocycles. The molecule has 0 unspecified atom stereocenters. The van der Waals surface area contributed by atoms with Crippen molar-refractivity contribution in [3.05, 3.63) is 33.9 Å². The second-order valence-electron chi connectivity index (χ2n) is 7.22. The first-order valence-electron chi connectivity index (χ1n) is 7.60. The summed E-state index contributed by atoms with van der Waals surface area (Å²) in [7, 11) is -1.55. The van der Waals surface area contributed by atoms with Crippen molar-refractivity contribution < 1.29 is 0 Å². The second-order valence-corrected chi connectivity index (χ2v) is 12.5.